The number of ketones is 1. The van der Waals surface area contributed by atoms with E-state index in [1.165, 1.54) is 0 Å². The molecule has 0 aliphatic heterocycles. The van der Waals surface area contributed by atoms with Gasteiger partial charge >= 0.3 is 0 Å². The van der Waals surface area contributed by atoms with E-state index >= 15 is 0 Å². The molecule has 0 spiro atoms. The number of hydrogen-bond donors (Lipinski definition) is 0. The second-order valence-corrected chi connectivity index (χ2v) is 6.36. The van der Waals surface area contributed by atoms with Gasteiger partial charge in [0, 0.05) is 12.1 Å². The second kappa shape index (κ2) is 7.26. The van der Waals surface area contributed by atoms with Crippen LogP contribution in [0.4, 0.5) is 0 Å². The number of rotatable bonds is 6. The van der Waals surface area contributed by atoms with Crippen LogP contribution in [0.5, 0.6) is 0 Å². The van der Waals surface area contributed by atoms with E-state index in [-0.39, 0.29) is 5.78 Å². The summed E-state index contributed by atoms with van der Waals surface area (Å²) in [5.41, 5.74) is 2.77. The minimum Gasteiger partial charge on any atom is -0.324 e. The molecule has 0 bridgehead atoms. The molecular formula is C21H22N2O. The van der Waals surface area contributed by atoms with Crippen LogP contribution in [0.25, 0.3) is 17.1 Å². The highest BCUT2D eigenvalue weighted by Gasteiger charge is 2.09. The summed E-state index contributed by atoms with van der Waals surface area (Å²) in [6, 6.07) is 17.4. The monoisotopic (exact) mass is 318 g/mol. The number of fused-ring (bicyclic) bond motifs is 1. The Morgan fingerprint density at radius 3 is 2.54 bits per heavy atom. The van der Waals surface area contributed by atoms with E-state index in [2.05, 4.69) is 29.5 Å². The van der Waals surface area contributed by atoms with E-state index < -0.39 is 0 Å². The number of aryl methyl sites for hydroxylation is 1. The van der Waals surface area contributed by atoms with E-state index in [9.17, 15) is 4.79 Å². The lowest BCUT2D eigenvalue weighted by Crippen LogP contribution is -2.04. The normalized spacial score (nSPS) is 11.6. The van der Waals surface area contributed by atoms with Crippen molar-refractivity contribution in [2.24, 2.45) is 5.92 Å². The van der Waals surface area contributed by atoms with Crippen LogP contribution in [0.3, 0.4) is 0 Å². The quantitative estimate of drug-likeness (QED) is 0.474. The van der Waals surface area contributed by atoms with Gasteiger partial charge in [-0.1, -0.05) is 56.3 Å². The average molecular weight is 318 g/mol. The number of para-hydroxylation sites is 2. The van der Waals surface area contributed by atoms with Crippen LogP contribution in [0.15, 0.2) is 60.7 Å². The summed E-state index contributed by atoms with van der Waals surface area (Å²) in [7, 11) is 0. The molecule has 0 N–H and O–H groups in total. The lowest BCUT2D eigenvalue weighted by atomic mass is 10.1. The molecule has 0 aliphatic carbocycles. The van der Waals surface area contributed by atoms with Crippen LogP contribution >= 0.6 is 0 Å². The largest absolute Gasteiger partial charge is 0.324 e. The molecule has 3 nitrogen and oxygen atoms in total. The smallest absolute Gasteiger partial charge is 0.185 e. The van der Waals surface area contributed by atoms with Gasteiger partial charge < -0.3 is 4.57 Å². The standard InChI is InChI=1S/C21H22N2O/c1-16(2)14-15-23-19-11-7-6-10-18(19)22-21(23)13-12-20(24)17-8-4-3-5-9-17/h3-13,16H,14-15H2,1-2H3/b13-12+. The van der Waals surface area contributed by atoms with Gasteiger partial charge in [-0.15, -0.1) is 0 Å². The van der Waals surface area contributed by atoms with Gasteiger partial charge in [0.05, 0.1) is 11.0 Å². The van der Waals surface area contributed by atoms with Crippen molar-refractivity contribution in [1.29, 1.82) is 0 Å². The molecule has 1 aromatic heterocycles. The Kier molecular flexibility index (Phi) is 4.90. The third-order valence-corrected chi connectivity index (χ3v) is 4.06. The summed E-state index contributed by atoms with van der Waals surface area (Å²) >= 11 is 0. The van der Waals surface area contributed by atoms with Crippen LogP contribution in [-0.2, 0) is 6.54 Å². The van der Waals surface area contributed by atoms with Gasteiger partial charge in [0.25, 0.3) is 0 Å². The van der Waals surface area contributed by atoms with Crippen molar-refractivity contribution in [3.63, 3.8) is 0 Å². The van der Waals surface area contributed by atoms with Crippen molar-refractivity contribution in [2.75, 3.05) is 0 Å². The second-order valence-electron chi connectivity index (χ2n) is 6.36. The molecule has 0 radical (unpaired) electrons. The third kappa shape index (κ3) is 3.62. The Morgan fingerprint density at radius 1 is 1.08 bits per heavy atom. The highest BCUT2D eigenvalue weighted by molar-refractivity contribution is 6.06. The highest BCUT2D eigenvalue weighted by Crippen LogP contribution is 2.19. The number of nitrogens with zero attached hydrogens (tertiary/aromatic N) is 2. The number of aromatic nitrogens is 2. The van der Waals surface area contributed by atoms with Gasteiger partial charge in [-0.25, -0.2) is 4.98 Å². The van der Waals surface area contributed by atoms with Crippen LogP contribution in [-0.4, -0.2) is 15.3 Å². The van der Waals surface area contributed by atoms with Crippen molar-refractivity contribution in [3.05, 3.63) is 72.1 Å². The molecule has 0 amide bonds. The molecule has 0 aliphatic rings. The van der Waals surface area contributed by atoms with E-state index in [0.29, 0.717) is 11.5 Å². The Bertz CT molecular complexity index is 860. The van der Waals surface area contributed by atoms with Crippen molar-refractivity contribution >= 4 is 22.9 Å². The lowest BCUT2D eigenvalue weighted by molar-refractivity contribution is 0.104. The fourth-order valence-electron chi connectivity index (χ4n) is 2.69. The topological polar surface area (TPSA) is 34.9 Å². The molecule has 3 rings (SSSR count). The zero-order valence-electron chi connectivity index (χ0n) is 14.1. The summed E-state index contributed by atoms with van der Waals surface area (Å²) in [6.07, 6.45) is 4.52. The maximum absolute atomic E-state index is 12.3. The number of carbonyl (C=O) groups excluding carboxylic acids is 1. The predicted octanol–water partition coefficient (Wildman–Crippen LogP) is 4.98. The third-order valence-electron chi connectivity index (χ3n) is 4.06. The molecule has 1 heterocycles. The Hall–Kier alpha value is -2.68. The van der Waals surface area contributed by atoms with E-state index in [1.807, 2.05) is 54.6 Å². The molecule has 24 heavy (non-hydrogen) atoms. The fraction of sp³-hybridized carbons (Fsp3) is 0.238. The van der Waals surface area contributed by atoms with Crippen molar-refractivity contribution < 1.29 is 4.79 Å². The molecule has 0 atom stereocenters. The van der Waals surface area contributed by atoms with Gasteiger partial charge in [-0.3, -0.25) is 4.79 Å². The van der Waals surface area contributed by atoms with Gasteiger partial charge in [0.15, 0.2) is 5.78 Å². The van der Waals surface area contributed by atoms with Crippen LogP contribution in [0.1, 0.15) is 36.5 Å². The number of allylic oxidation sites excluding steroid dienone is 1. The van der Waals surface area contributed by atoms with Crippen molar-refractivity contribution in [2.45, 2.75) is 26.8 Å². The van der Waals surface area contributed by atoms with Crippen molar-refractivity contribution in [1.82, 2.24) is 9.55 Å². The van der Waals surface area contributed by atoms with Gasteiger partial charge in [0.2, 0.25) is 0 Å². The highest BCUT2D eigenvalue weighted by atomic mass is 16.1. The summed E-state index contributed by atoms with van der Waals surface area (Å²) in [6.45, 7) is 5.33. The predicted molar refractivity (Wildman–Crippen MR) is 99.0 cm³/mol. The average Bonchev–Trinajstić information content (AvgIpc) is 2.96. The molecule has 122 valence electrons. The minimum absolute atomic E-state index is 0.00179. The SMILES string of the molecule is CC(C)CCn1c(/C=C/C(=O)c2ccccc2)nc2ccccc21. The summed E-state index contributed by atoms with van der Waals surface area (Å²) in [5, 5.41) is 0. The maximum Gasteiger partial charge on any atom is 0.185 e. The van der Waals surface area contributed by atoms with Crippen LogP contribution in [0.2, 0.25) is 0 Å². The molecule has 2 aromatic carbocycles. The first-order valence-corrected chi connectivity index (χ1v) is 8.38. The first-order chi connectivity index (χ1) is 11.6. The molecule has 0 saturated carbocycles. The van der Waals surface area contributed by atoms with Gasteiger partial charge in [-0.2, -0.15) is 0 Å². The molecular weight excluding hydrogens is 296 g/mol. The van der Waals surface area contributed by atoms with E-state index in [0.717, 1.165) is 29.8 Å². The molecule has 0 saturated heterocycles. The Labute approximate surface area is 142 Å². The number of hydrogen-bond acceptors (Lipinski definition) is 2. The number of carbonyl (C=O) groups is 1. The van der Waals surface area contributed by atoms with Crippen molar-refractivity contribution in [3.8, 4) is 0 Å². The Morgan fingerprint density at radius 2 is 1.79 bits per heavy atom. The first kappa shape index (κ1) is 16.2. The summed E-state index contributed by atoms with van der Waals surface area (Å²) in [4.78, 5) is 17.0. The van der Waals surface area contributed by atoms with E-state index in [1.54, 1.807) is 6.08 Å². The zero-order valence-corrected chi connectivity index (χ0v) is 14.1. The zero-order chi connectivity index (χ0) is 16.9. The first-order valence-electron chi connectivity index (χ1n) is 8.38. The number of imidazole rings is 1. The Balaban J connectivity index is 1.92. The summed E-state index contributed by atoms with van der Waals surface area (Å²) < 4.78 is 2.20. The van der Waals surface area contributed by atoms with E-state index in [4.69, 9.17) is 0 Å². The molecule has 0 unspecified atom stereocenters. The van der Waals surface area contributed by atoms with Crippen LogP contribution < -0.4 is 0 Å². The number of benzene rings is 2. The minimum atomic E-state index is -0.00179. The molecule has 3 heteroatoms. The summed E-state index contributed by atoms with van der Waals surface area (Å²) in [5.74, 6) is 1.45. The molecule has 0 fully saturated rings. The fourth-order valence-corrected chi connectivity index (χ4v) is 2.69. The van der Waals surface area contributed by atoms with Crippen LogP contribution in [0, 0.1) is 5.92 Å². The lowest BCUT2D eigenvalue weighted by Gasteiger charge is -2.09. The van der Waals surface area contributed by atoms with Gasteiger partial charge in [0.1, 0.15) is 5.82 Å². The maximum atomic E-state index is 12.3. The molecule has 3 aromatic rings. The van der Waals surface area contributed by atoms with Gasteiger partial charge in [-0.05, 0) is 36.6 Å².